The van der Waals surface area contributed by atoms with E-state index in [0.29, 0.717) is 57.0 Å². The van der Waals surface area contributed by atoms with Gasteiger partial charge in [-0.3, -0.25) is 14.0 Å². The van der Waals surface area contributed by atoms with Crippen LogP contribution in [0.2, 0.25) is 0 Å². The first-order valence-electron chi connectivity index (χ1n) is 11.2. The number of nitrogens with zero attached hydrogens (tertiary/aromatic N) is 8. The number of aromatic nitrogens is 9. The molecule has 0 atom stereocenters. The summed E-state index contributed by atoms with van der Waals surface area (Å²) >= 11 is 0. The van der Waals surface area contributed by atoms with Crippen molar-refractivity contribution in [2.24, 2.45) is 7.05 Å². The van der Waals surface area contributed by atoms with Crippen LogP contribution in [0.5, 0.6) is 11.8 Å². The average Bonchev–Trinajstić information content (AvgIpc) is 3.54. The van der Waals surface area contributed by atoms with E-state index in [0.717, 1.165) is 6.54 Å². The first-order valence-corrected chi connectivity index (χ1v) is 11.2. The molecular formula is C24H20N10O2. The summed E-state index contributed by atoms with van der Waals surface area (Å²) in [4.78, 5) is 38.2. The molecule has 2 N–H and O–H groups in total. The molecule has 12 nitrogen and oxygen atoms in total. The quantitative estimate of drug-likeness (QED) is 0.367. The summed E-state index contributed by atoms with van der Waals surface area (Å²) in [6.07, 6.45) is 6.77. The van der Waals surface area contributed by atoms with Gasteiger partial charge in [0.25, 0.3) is 5.56 Å². The topological polar surface area (TPSA) is 141 Å². The highest BCUT2D eigenvalue weighted by Gasteiger charge is 2.15. The summed E-state index contributed by atoms with van der Waals surface area (Å²) in [5.41, 5.74) is 2.63. The van der Waals surface area contributed by atoms with Crippen LogP contribution in [0, 0.1) is 0 Å². The van der Waals surface area contributed by atoms with Crippen molar-refractivity contribution in [3.63, 3.8) is 0 Å². The van der Waals surface area contributed by atoms with E-state index in [-0.39, 0.29) is 5.56 Å². The second kappa shape index (κ2) is 8.58. The predicted octanol–water partition coefficient (Wildman–Crippen LogP) is 3.41. The van der Waals surface area contributed by atoms with Crippen molar-refractivity contribution < 1.29 is 4.74 Å². The number of imidazole rings is 1. The first-order chi connectivity index (χ1) is 17.6. The lowest BCUT2D eigenvalue weighted by atomic mass is 10.2. The third-order valence-electron chi connectivity index (χ3n) is 5.60. The van der Waals surface area contributed by atoms with Crippen LogP contribution in [0.4, 0.5) is 11.6 Å². The molecule has 0 aliphatic carbocycles. The second-order valence-electron chi connectivity index (χ2n) is 7.97. The third kappa shape index (κ3) is 3.90. The molecule has 6 heterocycles. The van der Waals surface area contributed by atoms with Crippen LogP contribution in [-0.4, -0.2) is 44.3 Å². The number of hydrogen-bond donors (Lipinski definition) is 2. The fraction of sp³-hybridized carbons (Fsp3) is 0.125. The third-order valence-corrected chi connectivity index (χ3v) is 5.60. The van der Waals surface area contributed by atoms with Crippen molar-refractivity contribution >= 4 is 33.8 Å². The molecule has 6 aromatic rings. The molecular weight excluding hydrogens is 460 g/mol. The van der Waals surface area contributed by atoms with E-state index in [1.807, 2.05) is 19.2 Å². The van der Waals surface area contributed by atoms with E-state index < -0.39 is 0 Å². The fourth-order valence-corrected chi connectivity index (χ4v) is 3.77. The summed E-state index contributed by atoms with van der Waals surface area (Å²) in [5, 5.41) is 8.08. The molecule has 0 aliphatic heterocycles. The molecule has 0 bridgehead atoms. The fourth-order valence-electron chi connectivity index (χ4n) is 3.77. The molecule has 178 valence electrons. The number of rotatable bonds is 6. The number of aromatic amines is 1. The van der Waals surface area contributed by atoms with E-state index in [1.165, 1.54) is 4.57 Å². The molecule has 0 radical (unpaired) electrons. The van der Waals surface area contributed by atoms with Gasteiger partial charge in [-0.15, -0.1) is 5.10 Å². The maximum absolute atomic E-state index is 13.1. The highest BCUT2D eigenvalue weighted by molar-refractivity contribution is 5.82. The van der Waals surface area contributed by atoms with Crippen LogP contribution in [0.1, 0.15) is 6.92 Å². The average molecular weight is 480 g/mol. The lowest BCUT2D eigenvalue weighted by Gasteiger charge is -2.09. The number of anilines is 2. The summed E-state index contributed by atoms with van der Waals surface area (Å²) in [7, 11) is 1.67. The van der Waals surface area contributed by atoms with Crippen molar-refractivity contribution in [2.45, 2.75) is 13.5 Å². The van der Waals surface area contributed by atoms with Crippen LogP contribution in [0.15, 0.2) is 66.0 Å². The van der Waals surface area contributed by atoms with Crippen LogP contribution in [0.25, 0.3) is 33.6 Å². The Morgan fingerprint density at radius 2 is 1.97 bits per heavy atom. The number of H-pyrrole nitrogens is 1. The second-order valence-corrected chi connectivity index (χ2v) is 7.97. The Kier molecular flexibility index (Phi) is 5.10. The molecule has 0 saturated carbocycles. The standard InChI is InChI=1S/C24H20N10O2/c1-3-34-10-8-19(32-34)36-18-7-6-15(13-26-18)28-24-27-12-14-11-16(23(35)33(2)22(14)31-24)20-29-17-5-4-9-25-21(17)30-20/h4-13H,3H2,1-2H3,(H,25,29,30)(H,27,28,31). The van der Waals surface area contributed by atoms with Gasteiger partial charge in [-0.05, 0) is 31.2 Å². The van der Waals surface area contributed by atoms with E-state index in [1.54, 1.807) is 60.7 Å². The van der Waals surface area contributed by atoms with Crippen molar-refractivity contribution in [2.75, 3.05) is 5.32 Å². The Balaban J connectivity index is 1.26. The van der Waals surface area contributed by atoms with Crippen molar-refractivity contribution in [3.05, 3.63) is 71.5 Å². The molecule has 12 heteroatoms. The lowest BCUT2D eigenvalue weighted by molar-refractivity contribution is 0.433. The SMILES string of the molecule is CCn1ccc(Oc2ccc(Nc3ncc4cc(-c5nc6cccnc6[nH]5)c(=O)n(C)c4n3)cn2)n1. The van der Waals surface area contributed by atoms with Gasteiger partial charge < -0.3 is 15.0 Å². The van der Waals surface area contributed by atoms with E-state index in [9.17, 15) is 4.79 Å². The minimum atomic E-state index is -0.236. The molecule has 0 aromatic carbocycles. The predicted molar refractivity (Wildman–Crippen MR) is 133 cm³/mol. The number of fused-ring (bicyclic) bond motifs is 2. The van der Waals surface area contributed by atoms with Gasteiger partial charge in [0, 0.05) is 49.7 Å². The van der Waals surface area contributed by atoms with Crippen molar-refractivity contribution in [3.8, 4) is 23.1 Å². The zero-order valence-corrected chi connectivity index (χ0v) is 19.4. The first kappa shape index (κ1) is 21.4. The van der Waals surface area contributed by atoms with Crippen LogP contribution in [0.3, 0.4) is 0 Å². The highest BCUT2D eigenvalue weighted by Crippen LogP contribution is 2.23. The number of aryl methyl sites for hydroxylation is 2. The maximum atomic E-state index is 13.1. The van der Waals surface area contributed by atoms with Gasteiger partial charge >= 0.3 is 0 Å². The van der Waals surface area contributed by atoms with Gasteiger partial charge in [0.15, 0.2) is 5.65 Å². The largest absolute Gasteiger partial charge is 0.419 e. The van der Waals surface area contributed by atoms with Crippen LogP contribution < -0.4 is 15.6 Å². The normalized spacial score (nSPS) is 11.3. The van der Waals surface area contributed by atoms with Crippen molar-refractivity contribution in [1.82, 2.24) is 44.3 Å². The molecule has 0 spiro atoms. The minimum Gasteiger partial charge on any atom is -0.419 e. The lowest BCUT2D eigenvalue weighted by Crippen LogP contribution is -2.20. The Labute approximate surface area is 203 Å². The molecule has 0 unspecified atom stereocenters. The maximum Gasteiger partial charge on any atom is 0.262 e. The zero-order chi connectivity index (χ0) is 24.6. The minimum absolute atomic E-state index is 0.236. The van der Waals surface area contributed by atoms with E-state index in [4.69, 9.17) is 4.74 Å². The summed E-state index contributed by atoms with van der Waals surface area (Å²) < 4.78 is 8.91. The smallest absolute Gasteiger partial charge is 0.262 e. The molecule has 36 heavy (non-hydrogen) atoms. The molecule has 0 amide bonds. The number of pyridine rings is 3. The molecule has 6 aromatic heterocycles. The van der Waals surface area contributed by atoms with E-state index >= 15 is 0 Å². The zero-order valence-electron chi connectivity index (χ0n) is 19.4. The number of hydrogen-bond acceptors (Lipinski definition) is 9. The molecule has 6 rings (SSSR count). The van der Waals surface area contributed by atoms with Crippen LogP contribution >= 0.6 is 0 Å². The number of nitrogens with one attached hydrogen (secondary N) is 2. The Morgan fingerprint density at radius 3 is 2.75 bits per heavy atom. The Morgan fingerprint density at radius 1 is 1.06 bits per heavy atom. The van der Waals surface area contributed by atoms with Gasteiger partial charge in [0.1, 0.15) is 17.0 Å². The molecule has 0 aliphatic rings. The van der Waals surface area contributed by atoms with Crippen LogP contribution in [-0.2, 0) is 13.6 Å². The Hall–Kier alpha value is -5.13. The van der Waals surface area contributed by atoms with E-state index in [2.05, 4.69) is 40.3 Å². The monoisotopic (exact) mass is 480 g/mol. The number of ether oxygens (including phenoxy) is 1. The van der Waals surface area contributed by atoms with Gasteiger partial charge in [0.2, 0.25) is 17.7 Å². The Bertz CT molecular complexity index is 1740. The van der Waals surface area contributed by atoms with Crippen molar-refractivity contribution in [1.29, 1.82) is 0 Å². The van der Waals surface area contributed by atoms with Gasteiger partial charge in [-0.2, -0.15) is 4.98 Å². The van der Waals surface area contributed by atoms with Gasteiger partial charge in [-0.25, -0.2) is 19.9 Å². The summed E-state index contributed by atoms with van der Waals surface area (Å²) in [6.45, 7) is 2.76. The highest BCUT2D eigenvalue weighted by atomic mass is 16.5. The van der Waals surface area contributed by atoms with Gasteiger partial charge in [-0.1, -0.05) is 0 Å². The molecule has 0 fully saturated rings. The van der Waals surface area contributed by atoms with Gasteiger partial charge in [0.05, 0.1) is 17.4 Å². The summed E-state index contributed by atoms with van der Waals surface area (Å²) in [6, 6.07) is 10.7. The molecule has 0 saturated heterocycles. The summed E-state index contributed by atoms with van der Waals surface area (Å²) in [5.74, 6) is 1.66.